The van der Waals surface area contributed by atoms with Crippen molar-refractivity contribution in [3.63, 3.8) is 0 Å². The van der Waals surface area contributed by atoms with Crippen molar-refractivity contribution in [1.82, 2.24) is 14.9 Å². The predicted molar refractivity (Wildman–Crippen MR) is 101 cm³/mol. The Morgan fingerprint density at radius 3 is 2.46 bits per heavy atom. The summed E-state index contributed by atoms with van der Waals surface area (Å²) < 4.78 is 2.02. The van der Waals surface area contributed by atoms with E-state index in [0.29, 0.717) is 26.8 Å². The highest BCUT2D eigenvalue weighted by molar-refractivity contribution is 7.71. The average Bonchev–Trinajstić information content (AvgIpc) is 2.94. The number of nitrogens with one attached hydrogen (secondary N) is 1. The molecule has 1 aromatic heterocycles. The molecule has 3 rings (SSSR count). The minimum Gasteiger partial charge on any atom is -0.250 e. The maximum absolute atomic E-state index is 6.16. The first-order chi connectivity index (χ1) is 11.6. The standard InChI is InChI=1S/C17H14Cl2N4S/c18-14-7-4-8-15(19)13(14)11-20-23-16(21-22-17(23)24)10-9-12-5-2-1-3-6-12/h1-8,11H,9-10H2,(H,22,24)/b20-11-. The van der Waals surface area contributed by atoms with Crippen LogP contribution in [0.4, 0.5) is 0 Å². The highest BCUT2D eigenvalue weighted by atomic mass is 35.5. The van der Waals surface area contributed by atoms with E-state index in [1.54, 1.807) is 29.1 Å². The molecule has 0 aliphatic rings. The van der Waals surface area contributed by atoms with Gasteiger partial charge in [0.25, 0.3) is 0 Å². The second-order valence-corrected chi connectivity index (χ2v) is 6.32. The van der Waals surface area contributed by atoms with E-state index in [9.17, 15) is 0 Å². The normalized spacial score (nSPS) is 11.2. The van der Waals surface area contributed by atoms with Gasteiger partial charge in [0.1, 0.15) is 0 Å². The minimum atomic E-state index is 0.428. The summed E-state index contributed by atoms with van der Waals surface area (Å²) in [7, 11) is 0. The number of aryl methyl sites for hydroxylation is 2. The SMILES string of the molecule is S=c1[nH]nc(CCc2ccccc2)n1/N=C\c1c(Cl)cccc1Cl. The Hall–Kier alpha value is -1.95. The van der Waals surface area contributed by atoms with E-state index in [2.05, 4.69) is 27.4 Å². The number of hydrogen-bond acceptors (Lipinski definition) is 3. The molecule has 0 saturated heterocycles. The van der Waals surface area contributed by atoms with Gasteiger partial charge in [0.2, 0.25) is 4.77 Å². The Kier molecular flexibility index (Phi) is 5.45. The average molecular weight is 377 g/mol. The van der Waals surface area contributed by atoms with Crippen LogP contribution in [0, 0.1) is 4.77 Å². The van der Waals surface area contributed by atoms with E-state index in [4.69, 9.17) is 35.4 Å². The topological polar surface area (TPSA) is 46.0 Å². The lowest BCUT2D eigenvalue weighted by molar-refractivity contribution is 0.750. The largest absolute Gasteiger partial charge is 0.250 e. The van der Waals surface area contributed by atoms with E-state index in [1.807, 2.05) is 18.2 Å². The molecule has 0 aliphatic carbocycles. The zero-order chi connectivity index (χ0) is 16.9. The molecule has 122 valence electrons. The lowest BCUT2D eigenvalue weighted by atomic mass is 10.1. The number of hydrogen-bond donors (Lipinski definition) is 1. The van der Waals surface area contributed by atoms with Gasteiger partial charge < -0.3 is 0 Å². The Balaban J connectivity index is 1.83. The number of rotatable bonds is 5. The first-order valence-electron chi connectivity index (χ1n) is 7.34. The van der Waals surface area contributed by atoms with Gasteiger partial charge in [-0.1, -0.05) is 59.6 Å². The third kappa shape index (κ3) is 3.93. The third-order valence-electron chi connectivity index (χ3n) is 3.50. The molecular formula is C17H14Cl2N4S. The van der Waals surface area contributed by atoms with Crippen LogP contribution in [0.15, 0.2) is 53.6 Å². The second-order valence-electron chi connectivity index (χ2n) is 5.12. The quantitative estimate of drug-likeness (QED) is 0.507. The van der Waals surface area contributed by atoms with E-state index in [-0.39, 0.29) is 0 Å². The van der Waals surface area contributed by atoms with Gasteiger partial charge in [-0.3, -0.25) is 5.10 Å². The maximum Gasteiger partial charge on any atom is 0.216 e. The van der Waals surface area contributed by atoms with Gasteiger partial charge in [-0.05, 0) is 36.3 Å². The van der Waals surface area contributed by atoms with Crippen molar-refractivity contribution in [3.8, 4) is 0 Å². The Bertz CT molecular complexity index is 896. The highest BCUT2D eigenvalue weighted by Crippen LogP contribution is 2.22. The molecule has 2 aromatic carbocycles. The lowest BCUT2D eigenvalue weighted by Gasteiger charge is -2.03. The molecule has 0 bridgehead atoms. The van der Waals surface area contributed by atoms with Crippen molar-refractivity contribution in [1.29, 1.82) is 0 Å². The van der Waals surface area contributed by atoms with Crippen molar-refractivity contribution in [2.45, 2.75) is 12.8 Å². The first-order valence-corrected chi connectivity index (χ1v) is 8.50. The van der Waals surface area contributed by atoms with Crippen LogP contribution in [-0.2, 0) is 12.8 Å². The van der Waals surface area contributed by atoms with Gasteiger partial charge in [0, 0.05) is 12.0 Å². The highest BCUT2D eigenvalue weighted by Gasteiger charge is 2.07. The van der Waals surface area contributed by atoms with E-state index in [0.717, 1.165) is 12.2 Å². The molecule has 1 N–H and O–H groups in total. The van der Waals surface area contributed by atoms with Crippen molar-refractivity contribution in [2.75, 3.05) is 0 Å². The molecule has 0 radical (unpaired) electrons. The number of aromatic nitrogens is 3. The summed E-state index contributed by atoms with van der Waals surface area (Å²) in [6.07, 6.45) is 3.16. The van der Waals surface area contributed by atoms with Crippen LogP contribution in [-0.4, -0.2) is 21.1 Å². The fraction of sp³-hybridized carbons (Fsp3) is 0.118. The van der Waals surface area contributed by atoms with Gasteiger partial charge in [-0.15, -0.1) is 0 Å². The summed E-state index contributed by atoms with van der Waals surface area (Å²) in [4.78, 5) is 0. The molecule has 0 amide bonds. The molecule has 1 heterocycles. The first kappa shape index (κ1) is 16.9. The number of nitrogens with zero attached hydrogens (tertiary/aromatic N) is 3. The fourth-order valence-corrected chi connectivity index (χ4v) is 2.95. The van der Waals surface area contributed by atoms with Crippen molar-refractivity contribution in [3.05, 3.63) is 80.3 Å². The molecule has 0 atom stereocenters. The summed E-state index contributed by atoms with van der Waals surface area (Å²) in [5, 5.41) is 12.5. The van der Waals surface area contributed by atoms with Crippen molar-refractivity contribution < 1.29 is 0 Å². The van der Waals surface area contributed by atoms with Crippen LogP contribution in [0.1, 0.15) is 17.0 Å². The number of H-pyrrole nitrogens is 1. The summed E-state index contributed by atoms with van der Waals surface area (Å²) in [5.74, 6) is 0.753. The molecule has 0 unspecified atom stereocenters. The van der Waals surface area contributed by atoms with Crippen molar-refractivity contribution in [2.24, 2.45) is 5.10 Å². The van der Waals surface area contributed by atoms with E-state index < -0.39 is 0 Å². The maximum atomic E-state index is 6.16. The molecule has 0 spiro atoms. The summed E-state index contributed by atoms with van der Waals surface area (Å²) in [5.41, 5.74) is 1.88. The number of aromatic amines is 1. The second kappa shape index (κ2) is 7.75. The molecule has 3 aromatic rings. The van der Waals surface area contributed by atoms with E-state index in [1.165, 1.54) is 5.56 Å². The molecular weight excluding hydrogens is 363 g/mol. The Morgan fingerprint density at radius 1 is 1.04 bits per heavy atom. The van der Waals surface area contributed by atoms with Gasteiger partial charge in [0.15, 0.2) is 5.82 Å². The smallest absolute Gasteiger partial charge is 0.216 e. The lowest BCUT2D eigenvalue weighted by Crippen LogP contribution is -2.02. The van der Waals surface area contributed by atoms with Crippen LogP contribution in [0.5, 0.6) is 0 Å². The molecule has 7 heteroatoms. The van der Waals surface area contributed by atoms with Crippen LogP contribution < -0.4 is 0 Å². The zero-order valence-electron chi connectivity index (χ0n) is 12.6. The molecule has 24 heavy (non-hydrogen) atoms. The van der Waals surface area contributed by atoms with Crippen LogP contribution in [0.2, 0.25) is 10.0 Å². The molecule has 0 saturated carbocycles. The van der Waals surface area contributed by atoms with Crippen LogP contribution in [0.3, 0.4) is 0 Å². The molecule has 0 fully saturated rings. The van der Waals surface area contributed by atoms with Gasteiger partial charge in [-0.25, -0.2) is 0 Å². The molecule has 0 aliphatic heterocycles. The van der Waals surface area contributed by atoms with Gasteiger partial charge in [-0.2, -0.15) is 14.9 Å². The number of benzene rings is 2. The third-order valence-corrected chi connectivity index (χ3v) is 4.42. The summed E-state index contributed by atoms with van der Waals surface area (Å²) in [6.45, 7) is 0. The Morgan fingerprint density at radius 2 is 1.75 bits per heavy atom. The zero-order valence-corrected chi connectivity index (χ0v) is 14.9. The number of halogens is 2. The van der Waals surface area contributed by atoms with Crippen LogP contribution in [0.25, 0.3) is 0 Å². The Labute approximate surface area is 154 Å². The van der Waals surface area contributed by atoms with Crippen LogP contribution >= 0.6 is 35.4 Å². The fourth-order valence-electron chi connectivity index (χ4n) is 2.26. The van der Waals surface area contributed by atoms with Gasteiger partial charge >= 0.3 is 0 Å². The van der Waals surface area contributed by atoms with Crippen molar-refractivity contribution >= 4 is 41.6 Å². The predicted octanol–water partition coefficient (Wildman–Crippen LogP) is 4.91. The monoisotopic (exact) mass is 376 g/mol. The molecule has 4 nitrogen and oxygen atoms in total. The summed E-state index contributed by atoms with van der Waals surface area (Å²) in [6, 6.07) is 15.5. The van der Waals surface area contributed by atoms with E-state index >= 15 is 0 Å². The van der Waals surface area contributed by atoms with Gasteiger partial charge in [0.05, 0.1) is 16.3 Å². The minimum absolute atomic E-state index is 0.428. The summed E-state index contributed by atoms with van der Waals surface area (Å²) >= 11 is 17.6.